The molecule has 0 amide bonds. The minimum atomic E-state index is -0.489. The number of hydrogen-bond donors (Lipinski definition) is 1. The zero-order valence-corrected chi connectivity index (χ0v) is 18.0. The molecule has 7 nitrogen and oxygen atoms in total. The molecule has 0 aliphatic heterocycles. The van der Waals surface area contributed by atoms with Gasteiger partial charge in [-0.1, -0.05) is 32.4 Å². The molecular formula is C24H26N4O3. The van der Waals surface area contributed by atoms with Gasteiger partial charge in [-0.05, 0) is 49.2 Å². The van der Waals surface area contributed by atoms with Crippen LogP contribution in [0.1, 0.15) is 37.6 Å². The van der Waals surface area contributed by atoms with Gasteiger partial charge in [-0.2, -0.15) is 0 Å². The van der Waals surface area contributed by atoms with E-state index in [-0.39, 0.29) is 17.3 Å². The number of fused-ring (bicyclic) bond motifs is 2. The van der Waals surface area contributed by atoms with Gasteiger partial charge in [0.05, 0.1) is 24.2 Å². The summed E-state index contributed by atoms with van der Waals surface area (Å²) in [7, 11) is 0. The van der Waals surface area contributed by atoms with Gasteiger partial charge in [0.15, 0.2) is 5.65 Å². The van der Waals surface area contributed by atoms with Gasteiger partial charge in [0.25, 0.3) is 0 Å². The Morgan fingerprint density at radius 3 is 2.39 bits per heavy atom. The van der Waals surface area contributed by atoms with Crippen LogP contribution in [-0.4, -0.2) is 33.7 Å². The van der Waals surface area contributed by atoms with Gasteiger partial charge in [-0.25, -0.2) is 14.8 Å². The Balaban J connectivity index is 1.89. The third-order valence-electron chi connectivity index (χ3n) is 5.30. The van der Waals surface area contributed by atoms with Gasteiger partial charge in [-0.15, -0.1) is 0 Å². The van der Waals surface area contributed by atoms with Crippen molar-refractivity contribution in [2.45, 2.75) is 27.2 Å². The van der Waals surface area contributed by atoms with Crippen molar-refractivity contribution in [3.8, 4) is 11.4 Å². The summed E-state index contributed by atoms with van der Waals surface area (Å²) in [5, 5.41) is 0. The number of esters is 1. The molecule has 0 aliphatic carbocycles. The summed E-state index contributed by atoms with van der Waals surface area (Å²) in [6.07, 6.45) is 0.918. The number of hydrogen-bond acceptors (Lipinski definition) is 6. The number of nitrogens with two attached hydrogens (primary N) is 1. The van der Waals surface area contributed by atoms with E-state index in [1.807, 2.05) is 62.4 Å². The Morgan fingerprint density at radius 1 is 1.06 bits per heavy atom. The molecule has 160 valence electrons. The molecule has 0 saturated heterocycles. The molecule has 0 bridgehead atoms. The number of benzene rings is 2. The lowest BCUT2D eigenvalue weighted by molar-refractivity contribution is 0.0450. The van der Waals surface area contributed by atoms with E-state index in [9.17, 15) is 4.79 Å². The number of rotatable bonds is 7. The molecule has 2 N–H and O–H groups in total. The molecule has 0 fully saturated rings. The Hall–Kier alpha value is -3.61. The largest absolute Gasteiger partial charge is 0.494 e. The number of anilines is 1. The fourth-order valence-electron chi connectivity index (χ4n) is 3.39. The molecule has 31 heavy (non-hydrogen) atoms. The van der Waals surface area contributed by atoms with Crippen molar-refractivity contribution in [3.05, 3.63) is 54.1 Å². The van der Waals surface area contributed by atoms with Crippen LogP contribution in [0.25, 0.3) is 27.9 Å². The lowest BCUT2D eigenvalue weighted by Gasteiger charge is -2.10. The molecule has 0 aliphatic rings. The molecule has 7 heteroatoms. The second-order valence-corrected chi connectivity index (χ2v) is 7.52. The minimum Gasteiger partial charge on any atom is -0.494 e. The van der Waals surface area contributed by atoms with Crippen molar-refractivity contribution in [2.24, 2.45) is 5.92 Å². The summed E-state index contributed by atoms with van der Waals surface area (Å²) < 4.78 is 12.8. The third kappa shape index (κ3) is 3.91. The summed E-state index contributed by atoms with van der Waals surface area (Å²) >= 11 is 0. The number of nitrogens with zero attached hydrogens (tertiary/aromatic N) is 3. The van der Waals surface area contributed by atoms with Gasteiger partial charge < -0.3 is 15.2 Å². The Bertz CT molecular complexity index is 1230. The summed E-state index contributed by atoms with van der Waals surface area (Å²) in [4.78, 5) is 22.5. The molecule has 4 aromatic rings. The summed E-state index contributed by atoms with van der Waals surface area (Å²) in [5.74, 6) is 0.781. The summed E-state index contributed by atoms with van der Waals surface area (Å²) in [5.41, 5.74) is 9.85. The highest BCUT2D eigenvalue weighted by molar-refractivity contribution is 6.09. The van der Waals surface area contributed by atoms with E-state index in [1.54, 1.807) is 4.57 Å². The summed E-state index contributed by atoms with van der Waals surface area (Å²) in [6.45, 7) is 6.93. The third-order valence-corrected chi connectivity index (χ3v) is 5.30. The maximum Gasteiger partial charge on any atom is 0.344 e. The lowest BCUT2D eigenvalue weighted by Crippen LogP contribution is -2.13. The SMILES string of the molecule is CCOc1ccc(-n2c(N)c(C(=O)OCC(C)CC)c3nc4ccccc4nc32)cc1. The quantitative estimate of drug-likeness (QED) is 0.435. The highest BCUT2D eigenvalue weighted by Crippen LogP contribution is 2.32. The zero-order valence-electron chi connectivity index (χ0n) is 18.0. The molecule has 0 spiro atoms. The molecule has 2 aromatic carbocycles. The maximum atomic E-state index is 13.0. The van der Waals surface area contributed by atoms with E-state index < -0.39 is 5.97 Å². The molecule has 0 saturated carbocycles. The van der Waals surface area contributed by atoms with Crippen LogP contribution < -0.4 is 10.5 Å². The van der Waals surface area contributed by atoms with Gasteiger partial charge >= 0.3 is 5.97 Å². The topological polar surface area (TPSA) is 92.3 Å². The normalized spacial score (nSPS) is 12.2. The van der Waals surface area contributed by atoms with E-state index in [1.165, 1.54) is 0 Å². The standard InChI is InChI=1S/C24H26N4O3/c1-4-15(3)14-31-24(29)20-21-23(27-19-9-7-6-8-18(19)26-21)28(22(20)25)16-10-12-17(13-11-16)30-5-2/h6-13,15H,4-5,14,25H2,1-3H3. The molecule has 0 radical (unpaired) electrons. The lowest BCUT2D eigenvalue weighted by atomic mass is 10.1. The van der Waals surface area contributed by atoms with Crippen LogP contribution in [0, 0.1) is 5.92 Å². The fourth-order valence-corrected chi connectivity index (χ4v) is 3.39. The van der Waals surface area contributed by atoms with Crippen LogP contribution in [0.5, 0.6) is 5.75 Å². The minimum absolute atomic E-state index is 0.241. The van der Waals surface area contributed by atoms with Gasteiger partial charge in [0, 0.05) is 5.69 Å². The molecule has 1 unspecified atom stereocenters. The predicted octanol–water partition coefficient (Wildman–Crippen LogP) is 4.76. The van der Waals surface area contributed by atoms with Crippen molar-refractivity contribution in [1.29, 1.82) is 0 Å². The first-order valence-electron chi connectivity index (χ1n) is 10.5. The van der Waals surface area contributed by atoms with E-state index in [0.29, 0.717) is 29.9 Å². The maximum absolute atomic E-state index is 13.0. The van der Waals surface area contributed by atoms with E-state index in [2.05, 4.69) is 6.92 Å². The monoisotopic (exact) mass is 418 g/mol. The van der Waals surface area contributed by atoms with E-state index >= 15 is 0 Å². The van der Waals surface area contributed by atoms with Crippen molar-refractivity contribution >= 4 is 34.0 Å². The number of ether oxygens (including phenoxy) is 2. The smallest absolute Gasteiger partial charge is 0.344 e. The van der Waals surface area contributed by atoms with E-state index in [0.717, 1.165) is 23.4 Å². The highest BCUT2D eigenvalue weighted by Gasteiger charge is 2.26. The number of para-hydroxylation sites is 2. The van der Waals surface area contributed by atoms with Crippen LogP contribution in [0.2, 0.25) is 0 Å². The predicted molar refractivity (Wildman–Crippen MR) is 122 cm³/mol. The highest BCUT2D eigenvalue weighted by atomic mass is 16.5. The van der Waals surface area contributed by atoms with Crippen LogP contribution in [0.4, 0.5) is 5.82 Å². The molecule has 4 rings (SSSR count). The van der Waals surface area contributed by atoms with Crippen molar-refractivity contribution < 1.29 is 14.3 Å². The van der Waals surface area contributed by atoms with Crippen molar-refractivity contribution in [2.75, 3.05) is 18.9 Å². The number of nitrogen functional groups attached to an aromatic ring is 1. The summed E-state index contributed by atoms with van der Waals surface area (Å²) in [6, 6.07) is 15.0. The van der Waals surface area contributed by atoms with Crippen molar-refractivity contribution in [1.82, 2.24) is 14.5 Å². The van der Waals surface area contributed by atoms with Crippen LogP contribution in [-0.2, 0) is 4.74 Å². The average Bonchev–Trinajstić information content (AvgIpc) is 3.07. The molecule has 2 aromatic heterocycles. The first kappa shape index (κ1) is 20.7. The van der Waals surface area contributed by atoms with Gasteiger partial charge in [0.2, 0.25) is 0 Å². The van der Waals surface area contributed by atoms with Crippen LogP contribution in [0.15, 0.2) is 48.5 Å². The second kappa shape index (κ2) is 8.63. The molecule has 2 heterocycles. The average molecular weight is 418 g/mol. The number of carbonyl (C=O) groups is 1. The van der Waals surface area contributed by atoms with Gasteiger partial charge in [0.1, 0.15) is 22.6 Å². The second-order valence-electron chi connectivity index (χ2n) is 7.52. The Kier molecular flexibility index (Phi) is 5.75. The van der Waals surface area contributed by atoms with Gasteiger partial charge in [-0.3, -0.25) is 4.57 Å². The van der Waals surface area contributed by atoms with Crippen molar-refractivity contribution in [3.63, 3.8) is 0 Å². The molecule has 1 atom stereocenters. The van der Waals surface area contributed by atoms with Crippen LogP contribution >= 0.6 is 0 Å². The number of aromatic nitrogens is 3. The first-order valence-corrected chi connectivity index (χ1v) is 10.5. The first-order chi connectivity index (χ1) is 15.0. The van der Waals surface area contributed by atoms with E-state index in [4.69, 9.17) is 25.2 Å². The Labute approximate surface area is 180 Å². The van der Waals surface area contributed by atoms with Crippen LogP contribution in [0.3, 0.4) is 0 Å². The fraction of sp³-hybridized carbons (Fsp3) is 0.292. The Morgan fingerprint density at radius 2 is 1.74 bits per heavy atom. The number of carbonyl (C=O) groups excluding carboxylic acids is 1. The molecular weight excluding hydrogens is 392 g/mol. The zero-order chi connectivity index (χ0) is 22.0.